The maximum absolute atomic E-state index is 13.6. The van der Waals surface area contributed by atoms with Crippen LogP contribution in [0.4, 0.5) is 10.1 Å². The fourth-order valence-corrected chi connectivity index (χ4v) is 4.27. The van der Waals surface area contributed by atoms with E-state index in [-0.39, 0.29) is 15.6 Å². The molecule has 3 rings (SSSR count). The van der Waals surface area contributed by atoms with Crippen molar-refractivity contribution in [2.45, 2.75) is 0 Å². The number of halogens is 4. The number of anilines is 1. The Morgan fingerprint density at radius 3 is 2.59 bits per heavy atom. The molecule has 0 aliphatic rings. The zero-order valence-corrected chi connectivity index (χ0v) is 13.9. The van der Waals surface area contributed by atoms with Gasteiger partial charge in [-0.15, -0.1) is 11.3 Å². The van der Waals surface area contributed by atoms with Gasteiger partial charge >= 0.3 is 0 Å². The van der Waals surface area contributed by atoms with Gasteiger partial charge in [0.05, 0.1) is 15.7 Å². The molecule has 0 saturated heterocycles. The monoisotopic (exact) mass is 373 g/mol. The lowest BCUT2D eigenvalue weighted by Crippen LogP contribution is -2.11. The van der Waals surface area contributed by atoms with Crippen LogP contribution in [0.15, 0.2) is 36.4 Å². The Hall–Kier alpha value is -1.33. The SMILES string of the molecule is O=C(Nc1ccccc1F)c1sc2cc(Cl)cc(Cl)c2c1Cl. The number of amides is 1. The lowest BCUT2D eigenvalue weighted by atomic mass is 10.2. The van der Waals surface area contributed by atoms with Crippen molar-refractivity contribution in [2.24, 2.45) is 0 Å². The Kier molecular flexibility index (Phi) is 4.28. The van der Waals surface area contributed by atoms with Crippen LogP contribution in [0.1, 0.15) is 9.67 Å². The molecule has 1 aromatic heterocycles. The van der Waals surface area contributed by atoms with E-state index in [9.17, 15) is 9.18 Å². The van der Waals surface area contributed by atoms with Crippen molar-refractivity contribution in [2.75, 3.05) is 5.32 Å². The van der Waals surface area contributed by atoms with Crippen LogP contribution in [0, 0.1) is 5.82 Å². The van der Waals surface area contributed by atoms with Crippen molar-refractivity contribution < 1.29 is 9.18 Å². The van der Waals surface area contributed by atoms with Gasteiger partial charge in [0.25, 0.3) is 5.91 Å². The standard InChI is InChI=1S/C15H7Cl3FNOS/c16-7-5-8(17)12-11(6-7)22-14(13(12)18)15(21)20-10-4-2-1-3-9(10)19/h1-6H,(H,20,21). The predicted molar refractivity (Wildman–Crippen MR) is 91.2 cm³/mol. The molecule has 1 N–H and O–H groups in total. The Labute approximate surface area is 144 Å². The van der Waals surface area contributed by atoms with Gasteiger partial charge in [-0.2, -0.15) is 0 Å². The molecule has 0 aliphatic carbocycles. The molecule has 7 heteroatoms. The zero-order valence-electron chi connectivity index (χ0n) is 10.8. The van der Waals surface area contributed by atoms with Gasteiger partial charge < -0.3 is 5.32 Å². The third kappa shape index (κ3) is 2.79. The number of carbonyl (C=O) groups is 1. The number of nitrogens with one attached hydrogen (secondary N) is 1. The fourth-order valence-electron chi connectivity index (χ4n) is 2.00. The van der Waals surface area contributed by atoms with Crippen molar-refractivity contribution in [3.8, 4) is 0 Å². The molecule has 0 atom stereocenters. The van der Waals surface area contributed by atoms with E-state index in [0.717, 1.165) is 11.3 Å². The second-order valence-corrected chi connectivity index (χ2v) is 6.71. The maximum Gasteiger partial charge on any atom is 0.267 e. The fraction of sp³-hybridized carbons (Fsp3) is 0. The van der Waals surface area contributed by atoms with Crippen LogP contribution in [-0.4, -0.2) is 5.91 Å². The highest BCUT2D eigenvalue weighted by atomic mass is 35.5. The highest BCUT2D eigenvalue weighted by Gasteiger charge is 2.20. The highest BCUT2D eigenvalue weighted by Crippen LogP contribution is 2.41. The average Bonchev–Trinajstić information content (AvgIpc) is 2.78. The Morgan fingerprint density at radius 1 is 1.14 bits per heavy atom. The summed E-state index contributed by atoms with van der Waals surface area (Å²) in [6.45, 7) is 0. The molecule has 1 amide bonds. The van der Waals surface area contributed by atoms with Gasteiger partial charge in [-0.3, -0.25) is 4.79 Å². The van der Waals surface area contributed by atoms with Gasteiger partial charge in [-0.05, 0) is 24.3 Å². The third-order valence-electron chi connectivity index (χ3n) is 2.98. The van der Waals surface area contributed by atoms with Gasteiger partial charge in [0.15, 0.2) is 0 Å². The quantitative estimate of drug-likeness (QED) is 0.564. The average molecular weight is 375 g/mol. The second-order valence-electron chi connectivity index (χ2n) is 4.44. The molecular weight excluding hydrogens is 368 g/mol. The summed E-state index contributed by atoms with van der Waals surface area (Å²) in [5.74, 6) is -1.02. The Balaban J connectivity index is 2.03. The Bertz CT molecular complexity index is 894. The summed E-state index contributed by atoms with van der Waals surface area (Å²) in [6, 6.07) is 9.14. The number of para-hydroxylation sites is 1. The summed E-state index contributed by atoms with van der Waals surface area (Å²) in [7, 11) is 0. The van der Waals surface area contributed by atoms with E-state index in [1.54, 1.807) is 24.3 Å². The molecule has 0 bridgehead atoms. The maximum atomic E-state index is 13.6. The first-order valence-corrected chi connectivity index (χ1v) is 8.05. The summed E-state index contributed by atoms with van der Waals surface area (Å²) < 4.78 is 14.3. The number of benzene rings is 2. The molecule has 112 valence electrons. The first kappa shape index (κ1) is 15.6. The van der Waals surface area contributed by atoms with Crippen molar-refractivity contribution >= 4 is 67.8 Å². The van der Waals surface area contributed by atoms with E-state index in [1.165, 1.54) is 12.1 Å². The van der Waals surface area contributed by atoms with Crippen LogP contribution in [0.5, 0.6) is 0 Å². The molecule has 0 aliphatic heterocycles. The topological polar surface area (TPSA) is 29.1 Å². The number of thiophene rings is 1. The van der Waals surface area contributed by atoms with Crippen LogP contribution in [0.3, 0.4) is 0 Å². The highest BCUT2D eigenvalue weighted by molar-refractivity contribution is 7.21. The van der Waals surface area contributed by atoms with E-state index in [1.807, 2.05) is 0 Å². The molecule has 0 saturated carbocycles. The summed E-state index contributed by atoms with van der Waals surface area (Å²) in [6.07, 6.45) is 0. The van der Waals surface area contributed by atoms with E-state index in [4.69, 9.17) is 34.8 Å². The molecule has 22 heavy (non-hydrogen) atoms. The molecule has 0 spiro atoms. The minimum Gasteiger partial charge on any atom is -0.319 e. The molecule has 2 nitrogen and oxygen atoms in total. The van der Waals surface area contributed by atoms with Gasteiger partial charge in [-0.25, -0.2) is 4.39 Å². The molecular formula is C15H7Cl3FNOS. The Morgan fingerprint density at radius 2 is 1.86 bits per heavy atom. The summed E-state index contributed by atoms with van der Waals surface area (Å²) in [5.41, 5.74) is 0.0881. The minimum atomic E-state index is -0.519. The molecule has 0 fully saturated rings. The third-order valence-corrected chi connectivity index (χ3v) is 5.12. The van der Waals surface area contributed by atoms with Gasteiger partial charge in [0, 0.05) is 15.1 Å². The number of carbonyl (C=O) groups excluding carboxylic acids is 1. The van der Waals surface area contributed by atoms with Crippen LogP contribution in [-0.2, 0) is 0 Å². The van der Waals surface area contributed by atoms with Crippen molar-refractivity contribution in [1.82, 2.24) is 0 Å². The smallest absolute Gasteiger partial charge is 0.267 e. The summed E-state index contributed by atoms with van der Waals surface area (Å²) in [5, 5.41) is 4.12. The second kappa shape index (κ2) is 6.05. The minimum absolute atomic E-state index is 0.0881. The molecule has 1 heterocycles. The molecule has 0 unspecified atom stereocenters. The summed E-state index contributed by atoms with van der Waals surface area (Å²) in [4.78, 5) is 12.6. The largest absolute Gasteiger partial charge is 0.319 e. The van der Waals surface area contributed by atoms with E-state index in [0.29, 0.717) is 20.1 Å². The van der Waals surface area contributed by atoms with Gasteiger partial charge in [0.2, 0.25) is 0 Å². The lowest BCUT2D eigenvalue weighted by molar-refractivity contribution is 0.103. The predicted octanol–water partition coefficient (Wildman–Crippen LogP) is 6.25. The van der Waals surface area contributed by atoms with Crippen LogP contribution in [0.2, 0.25) is 15.1 Å². The van der Waals surface area contributed by atoms with Crippen molar-refractivity contribution in [3.63, 3.8) is 0 Å². The number of rotatable bonds is 2. The van der Waals surface area contributed by atoms with Crippen LogP contribution < -0.4 is 5.32 Å². The van der Waals surface area contributed by atoms with Crippen LogP contribution in [0.25, 0.3) is 10.1 Å². The van der Waals surface area contributed by atoms with Crippen molar-refractivity contribution in [1.29, 1.82) is 0 Å². The number of hydrogen-bond acceptors (Lipinski definition) is 2. The van der Waals surface area contributed by atoms with E-state index < -0.39 is 11.7 Å². The first-order valence-electron chi connectivity index (χ1n) is 6.10. The zero-order chi connectivity index (χ0) is 15.9. The van der Waals surface area contributed by atoms with E-state index >= 15 is 0 Å². The molecule has 3 aromatic rings. The van der Waals surface area contributed by atoms with E-state index in [2.05, 4.69) is 5.32 Å². The van der Waals surface area contributed by atoms with Gasteiger partial charge in [0.1, 0.15) is 10.7 Å². The molecule has 0 radical (unpaired) electrons. The lowest BCUT2D eigenvalue weighted by Gasteiger charge is -2.04. The number of hydrogen-bond donors (Lipinski definition) is 1. The number of fused-ring (bicyclic) bond motifs is 1. The van der Waals surface area contributed by atoms with Gasteiger partial charge in [-0.1, -0.05) is 46.9 Å². The first-order chi connectivity index (χ1) is 10.5. The van der Waals surface area contributed by atoms with Crippen LogP contribution >= 0.6 is 46.1 Å². The van der Waals surface area contributed by atoms with Crippen molar-refractivity contribution in [3.05, 3.63) is 62.2 Å². The molecule has 2 aromatic carbocycles. The normalized spacial score (nSPS) is 10.9. The summed E-state index contributed by atoms with van der Waals surface area (Å²) >= 11 is 19.5.